The smallest absolute Gasteiger partial charge is 0.154 e. The minimum absolute atomic E-state index is 0. The molecule has 21 heavy (non-hydrogen) atoms. The van der Waals surface area contributed by atoms with E-state index in [1.54, 1.807) is 6.20 Å². The van der Waals surface area contributed by atoms with Crippen LogP contribution in [0.4, 0.5) is 8.78 Å². The molecule has 116 valence electrons. The van der Waals surface area contributed by atoms with Crippen LogP contribution < -0.4 is 5.73 Å². The van der Waals surface area contributed by atoms with Crippen molar-refractivity contribution in [2.75, 3.05) is 0 Å². The van der Waals surface area contributed by atoms with Gasteiger partial charge in [-0.15, -0.1) is 24.8 Å². The van der Waals surface area contributed by atoms with Crippen molar-refractivity contribution >= 4 is 30.6 Å². The van der Waals surface area contributed by atoms with Gasteiger partial charge in [-0.3, -0.25) is 4.79 Å². The fourth-order valence-electron chi connectivity index (χ4n) is 1.73. The van der Waals surface area contributed by atoms with Gasteiger partial charge in [-0.2, -0.15) is 0 Å². The number of ketones is 1. The highest BCUT2D eigenvalue weighted by Crippen LogP contribution is 2.11. The molecule has 8 heteroatoms. The number of Topliss-reactive ketones (excluding diaryl/α,β-unsaturated/α-hetero) is 1. The van der Waals surface area contributed by atoms with E-state index in [0.717, 1.165) is 17.8 Å². The Morgan fingerprint density at radius 3 is 2.62 bits per heavy atom. The zero-order valence-corrected chi connectivity index (χ0v) is 12.5. The highest BCUT2D eigenvalue weighted by Gasteiger charge is 2.17. The summed E-state index contributed by atoms with van der Waals surface area (Å²) < 4.78 is 26.1. The molecular weight excluding hydrogens is 323 g/mol. The van der Waals surface area contributed by atoms with E-state index < -0.39 is 17.7 Å². The Labute approximate surface area is 133 Å². The first-order valence-electron chi connectivity index (χ1n) is 5.75. The third-order valence-electron chi connectivity index (χ3n) is 2.79. The second kappa shape index (κ2) is 8.71. The molecule has 2 rings (SSSR count). The molecule has 0 spiro atoms. The molecule has 0 unspecified atom stereocenters. The molecule has 0 radical (unpaired) electrons. The summed E-state index contributed by atoms with van der Waals surface area (Å²) in [6, 6.07) is 2.38. The maximum atomic E-state index is 13.4. The molecule has 0 saturated heterocycles. The van der Waals surface area contributed by atoms with Crippen LogP contribution in [0.5, 0.6) is 0 Å². The number of nitrogens with two attached hydrogens (primary N) is 1. The predicted molar refractivity (Wildman–Crippen MR) is 79.8 cm³/mol. The standard InChI is InChI=1S/C13H13F2N3O.2ClH/c14-9-2-1-8(11(15)4-9)3-13(19)12(16)5-10-6-17-7-18-10;;/h1-2,4,6-7,12H,3,5,16H2,(H,17,18);2*1H/t12-;;/m0../s1. The van der Waals surface area contributed by atoms with E-state index in [4.69, 9.17) is 5.73 Å². The van der Waals surface area contributed by atoms with Crippen molar-refractivity contribution in [3.05, 3.63) is 53.6 Å². The average Bonchev–Trinajstić information content (AvgIpc) is 2.85. The van der Waals surface area contributed by atoms with Gasteiger partial charge in [0.15, 0.2) is 5.78 Å². The van der Waals surface area contributed by atoms with Crippen LogP contribution in [0, 0.1) is 11.6 Å². The molecule has 0 bridgehead atoms. The van der Waals surface area contributed by atoms with Crippen LogP contribution in [0.3, 0.4) is 0 Å². The number of hydrogen-bond acceptors (Lipinski definition) is 3. The van der Waals surface area contributed by atoms with E-state index in [1.807, 2.05) is 0 Å². The number of rotatable bonds is 5. The first kappa shape index (κ1) is 19.5. The Hall–Kier alpha value is -1.50. The van der Waals surface area contributed by atoms with Crippen LogP contribution in [0.15, 0.2) is 30.7 Å². The summed E-state index contributed by atoms with van der Waals surface area (Å²) in [5.74, 6) is -1.71. The van der Waals surface area contributed by atoms with Gasteiger partial charge in [0.05, 0.1) is 12.4 Å². The Kier molecular flexibility index (Phi) is 8.09. The molecule has 1 aromatic heterocycles. The van der Waals surface area contributed by atoms with Gasteiger partial charge in [0, 0.05) is 30.8 Å². The Bertz CT molecular complexity index is 579. The van der Waals surface area contributed by atoms with Gasteiger partial charge in [-0.25, -0.2) is 13.8 Å². The lowest BCUT2D eigenvalue weighted by molar-refractivity contribution is -0.119. The number of carbonyl (C=O) groups is 1. The number of carbonyl (C=O) groups excluding carboxylic acids is 1. The summed E-state index contributed by atoms with van der Waals surface area (Å²) >= 11 is 0. The molecule has 0 aliphatic rings. The van der Waals surface area contributed by atoms with Crippen molar-refractivity contribution in [1.82, 2.24) is 9.97 Å². The molecule has 0 aliphatic carbocycles. The number of imidazole rings is 1. The summed E-state index contributed by atoms with van der Waals surface area (Å²) in [5, 5.41) is 0. The topological polar surface area (TPSA) is 71.8 Å². The molecule has 1 heterocycles. The molecular formula is C13H15Cl2F2N3O. The lowest BCUT2D eigenvalue weighted by atomic mass is 10.0. The predicted octanol–water partition coefficient (Wildman–Crippen LogP) is 2.21. The quantitative estimate of drug-likeness (QED) is 0.878. The maximum Gasteiger partial charge on any atom is 0.154 e. The van der Waals surface area contributed by atoms with E-state index in [1.165, 1.54) is 12.4 Å². The van der Waals surface area contributed by atoms with E-state index in [2.05, 4.69) is 9.97 Å². The van der Waals surface area contributed by atoms with E-state index in [-0.39, 0.29) is 42.6 Å². The number of halogens is 4. The summed E-state index contributed by atoms with van der Waals surface area (Å²) in [4.78, 5) is 18.5. The number of benzene rings is 1. The van der Waals surface area contributed by atoms with Crippen molar-refractivity contribution in [2.45, 2.75) is 18.9 Å². The zero-order valence-electron chi connectivity index (χ0n) is 10.9. The second-order valence-corrected chi connectivity index (χ2v) is 4.27. The normalized spacial score (nSPS) is 11.2. The minimum Gasteiger partial charge on any atom is -0.348 e. The summed E-state index contributed by atoms with van der Waals surface area (Å²) in [7, 11) is 0. The van der Waals surface area contributed by atoms with Gasteiger partial charge in [-0.05, 0) is 11.6 Å². The fraction of sp³-hybridized carbons (Fsp3) is 0.231. The van der Waals surface area contributed by atoms with Crippen LogP contribution in [0.25, 0.3) is 0 Å². The molecule has 0 fully saturated rings. The summed E-state index contributed by atoms with van der Waals surface area (Å²) in [6.45, 7) is 0. The minimum atomic E-state index is -0.745. The molecule has 2 aromatic rings. The Morgan fingerprint density at radius 2 is 2.05 bits per heavy atom. The van der Waals surface area contributed by atoms with Crippen LogP contribution in [-0.4, -0.2) is 21.8 Å². The third-order valence-corrected chi connectivity index (χ3v) is 2.79. The monoisotopic (exact) mass is 337 g/mol. The van der Waals surface area contributed by atoms with E-state index in [0.29, 0.717) is 6.42 Å². The van der Waals surface area contributed by atoms with Gasteiger partial charge in [-0.1, -0.05) is 6.07 Å². The highest BCUT2D eigenvalue weighted by molar-refractivity contribution is 5.86. The lowest BCUT2D eigenvalue weighted by Gasteiger charge is -2.09. The van der Waals surface area contributed by atoms with Crippen molar-refractivity contribution in [3.63, 3.8) is 0 Å². The van der Waals surface area contributed by atoms with Gasteiger partial charge in [0.1, 0.15) is 11.6 Å². The number of aromatic nitrogens is 2. The number of nitrogens with one attached hydrogen (secondary N) is 1. The largest absolute Gasteiger partial charge is 0.348 e. The number of aromatic amines is 1. The van der Waals surface area contributed by atoms with Crippen LogP contribution in [-0.2, 0) is 17.6 Å². The van der Waals surface area contributed by atoms with Gasteiger partial charge < -0.3 is 10.7 Å². The highest BCUT2D eigenvalue weighted by atomic mass is 35.5. The van der Waals surface area contributed by atoms with Crippen molar-refractivity contribution in [2.24, 2.45) is 5.73 Å². The lowest BCUT2D eigenvalue weighted by Crippen LogP contribution is -2.34. The SMILES string of the molecule is Cl.Cl.N[C@@H](Cc1cnc[nH]1)C(=O)Cc1ccc(F)cc1F. The first-order chi connectivity index (χ1) is 9.06. The number of nitrogens with zero attached hydrogens (tertiary/aromatic N) is 1. The van der Waals surface area contributed by atoms with E-state index in [9.17, 15) is 13.6 Å². The van der Waals surface area contributed by atoms with Crippen LogP contribution >= 0.6 is 24.8 Å². The van der Waals surface area contributed by atoms with Crippen molar-refractivity contribution in [3.8, 4) is 0 Å². The molecule has 0 aliphatic heterocycles. The van der Waals surface area contributed by atoms with Gasteiger partial charge >= 0.3 is 0 Å². The zero-order chi connectivity index (χ0) is 13.8. The molecule has 1 aromatic carbocycles. The summed E-state index contributed by atoms with van der Waals surface area (Å²) in [5.41, 5.74) is 6.62. The Balaban J connectivity index is 0.00000200. The maximum absolute atomic E-state index is 13.4. The van der Waals surface area contributed by atoms with Gasteiger partial charge in [0.25, 0.3) is 0 Å². The molecule has 4 nitrogen and oxygen atoms in total. The van der Waals surface area contributed by atoms with Crippen molar-refractivity contribution < 1.29 is 13.6 Å². The van der Waals surface area contributed by atoms with Crippen molar-refractivity contribution in [1.29, 1.82) is 0 Å². The Morgan fingerprint density at radius 1 is 1.33 bits per heavy atom. The fourth-order valence-corrected chi connectivity index (χ4v) is 1.73. The van der Waals surface area contributed by atoms with Gasteiger partial charge in [0.2, 0.25) is 0 Å². The number of hydrogen-bond donors (Lipinski definition) is 2. The molecule has 3 N–H and O–H groups in total. The molecule has 0 saturated carbocycles. The summed E-state index contributed by atoms with van der Waals surface area (Å²) in [6.07, 6.45) is 3.22. The molecule has 0 amide bonds. The molecule has 1 atom stereocenters. The number of H-pyrrole nitrogens is 1. The second-order valence-electron chi connectivity index (χ2n) is 4.27. The van der Waals surface area contributed by atoms with Crippen LogP contribution in [0.1, 0.15) is 11.3 Å². The first-order valence-corrected chi connectivity index (χ1v) is 5.75. The average molecular weight is 338 g/mol. The third kappa shape index (κ3) is 5.41. The van der Waals surface area contributed by atoms with E-state index >= 15 is 0 Å². The van der Waals surface area contributed by atoms with Crippen LogP contribution in [0.2, 0.25) is 0 Å².